The van der Waals surface area contributed by atoms with Crippen molar-refractivity contribution in [2.24, 2.45) is 0 Å². The highest BCUT2D eigenvalue weighted by molar-refractivity contribution is 7.46. The van der Waals surface area contributed by atoms with Gasteiger partial charge in [0, 0.05) is 5.41 Å². The zero-order valence-electron chi connectivity index (χ0n) is 13.2. The lowest BCUT2D eigenvalue weighted by Gasteiger charge is -2.44. The molecule has 4 nitrogen and oxygen atoms in total. The average Bonchev–Trinajstić information content (AvgIpc) is 2.67. The van der Waals surface area contributed by atoms with E-state index < -0.39 is 13.4 Å². The summed E-state index contributed by atoms with van der Waals surface area (Å²) in [6, 6.07) is 6.17. The van der Waals surface area contributed by atoms with E-state index in [1.54, 1.807) is 0 Å². The molecule has 1 fully saturated rings. The lowest BCUT2D eigenvalue weighted by atomic mass is 9.66. The molecular weight excluding hydrogens is 287 g/mol. The molecule has 2 atom stereocenters. The minimum atomic E-state index is -4.52. The molecule has 0 amide bonds. The fraction of sp³-hybridized carbons (Fsp3) is 0.625. The van der Waals surface area contributed by atoms with Crippen molar-refractivity contribution in [1.82, 2.24) is 0 Å². The Morgan fingerprint density at radius 2 is 1.95 bits per heavy atom. The van der Waals surface area contributed by atoms with Crippen LogP contribution in [0.15, 0.2) is 18.2 Å². The van der Waals surface area contributed by atoms with Crippen molar-refractivity contribution in [3.63, 3.8) is 0 Å². The van der Waals surface area contributed by atoms with Crippen molar-refractivity contribution in [2.45, 2.75) is 64.4 Å². The van der Waals surface area contributed by atoms with Gasteiger partial charge in [-0.3, -0.25) is 4.52 Å². The molecule has 0 bridgehead atoms. The Morgan fingerprint density at radius 1 is 1.29 bits per heavy atom. The third-order valence-electron chi connectivity index (χ3n) is 5.31. The molecule has 1 aromatic carbocycles. The van der Waals surface area contributed by atoms with E-state index in [-0.39, 0.29) is 5.41 Å². The first kappa shape index (κ1) is 16.7. The Morgan fingerprint density at radius 3 is 2.52 bits per heavy atom. The molecule has 2 rings (SSSR count). The van der Waals surface area contributed by atoms with Crippen LogP contribution in [0.1, 0.15) is 56.2 Å². The highest BCUT2D eigenvalue weighted by atomic mass is 31.2. The molecule has 1 aromatic rings. The van der Waals surface area contributed by atoms with Gasteiger partial charge in [0.2, 0.25) is 0 Å². The topological polar surface area (TPSA) is 66.8 Å². The fourth-order valence-electron chi connectivity index (χ4n) is 4.06. The zero-order valence-corrected chi connectivity index (χ0v) is 14.1. The molecule has 0 heterocycles. The molecule has 1 aliphatic carbocycles. The van der Waals surface area contributed by atoms with Gasteiger partial charge in [0.05, 0.1) is 5.60 Å². The van der Waals surface area contributed by atoms with E-state index in [2.05, 4.69) is 32.9 Å². The van der Waals surface area contributed by atoms with E-state index in [0.717, 1.165) is 19.3 Å². The largest absolute Gasteiger partial charge is 0.470 e. The van der Waals surface area contributed by atoms with E-state index >= 15 is 0 Å². The molecule has 2 unspecified atom stereocenters. The van der Waals surface area contributed by atoms with E-state index in [4.69, 9.17) is 4.52 Å². The summed E-state index contributed by atoms with van der Waals surface area (Å²) in [5.41, 5.74) is 2.38. The number of hydrogen-bond donors (Lipinski definition) is 2. The Hall–Kier alpha value is -0.670. The molecule has 118 valence electrons. The maximum absolute atomic E-state index is 11.5. The summed E-state index contributed by atoms with van der Waals surface area (Å²) >= 11 is 0. The molecule has 5 heteroatoms. The van der Waals surface area contributed by atoms with Gasteiger partial charge < -0.3 is 9.79 Å². The van der Waals surface area contributed by atoms with Crippen molar-refractivity contribution in [2.75, 3.05) is 0 Å². The highest BCUT2D eigenvalue weighted by Crippen LogP contribution is 2.58. The Bertz CT molecular complexity index is 580. The summed E-state index contributed by atoms with van der Waals surface area (Å²) in [7, 11) is -4.52. The number of hydrogen-bond acceptors (Lipinski definition) is 2. The molecule has 21 heavy (non-hydrogen) atoms. The van der Waals surface area contributed by atoms with Crippen LogP contribution in [0.25, 0.3) is 0 Å². The quantitative estimate of drug-likeness (QED) is 0.825. The summed E-state index contributed by atoms with van der Waals surface area (Å²) in [4.78, 5) is 18.7. The third kappa shape index (κ3) is 2.83. The first-order valence-electron chi connectivity index (χ1n) is 7.48. The molecule has 0 spiro atoms. The van der Waals surface area contributed by atoms with Gasteiger partial charge >= 0.3 is 7.82 Å². The van der Waals surface area contributed by atoms with Crippen molar-refractivity contribution >= 4 is 7.82 Å². The zero-order chi connectivity index (χ0) is 15.9. The maximum Gasteiger partial charge on any atom is 0.470 e. The predicted octanol–water partition coefficient (Wildman–Crippen LogP) is 4.00. The SMILES string of the molecule is CCC1(c2cccc(C)c2C)CCCC1(C)OP(=O)(O)O. The van der Waals surface area contributed by atoms with Gasteiger partial charge in [0.15, 0.2) is 0 Å². The normalized spacial score (nSPS) is 29.8. The summed E-state index contributed by atoms with van der Waals surface area (Å²) in [6.45, 7) is 8.08. The first-order chi connectivity index (χ1) is 9.65. The smallest absolute Gasteiger partial charge is 0.303 e. The number of phosphoric ester groups is 1. The van der Waals surface area contributed by atoms with Crippen LogP contribution in [-0.2, 0) is 14.5 Å². The molecule has 1 saturated carbocycles. The van der Waals surface area contributed by atoms with E-state index in [0.29, 0.717) is 6.42 Å². The van der Waals surface area contributed by atoms with Crippen LogP contribution >= 0.6 is 7.82 Å². The summed E-state index contributed by atoms with van der Waals surface area (Å²) in [6.07, 6.45) is 3.27. The third-order valence-corrected chi connectivity index (χ3v) is 5.95. The number of benzene rings is 1. The standard InChI is InChI=1S/C16H25O4P/c1-5-16(14-9-6-8-12(2)13(14)3)11-7-10-15(16,4)20-21(17,18)19/h6,8-9H,5,7,10-11H2,1-4H3,(H2,17,18,19). The van der Waals surface area contributed by atoms with Crippen LogP contribution < -0.4 is 0 Å². The van der Waals surface area contributed by atoms with Gasteiger partial charge in [-0.15, -0.1) is 0 Å². The van der Waals surface area contributed by atoms with Gasteiger partial charge in [-0.1, -0.05) is 25.1 Å². The highest BCUT2D eigenvalue weighted by Gasteiger charge is 2.55. The number of aryl methyl sites for hydroxylation is 1. The molecule has 0 aliphatic heterocycles. The van der Waals surface area contributed by atoms with Crippen LogP contribution in [-0.4, -0.2) is 15.4 Å². The van der Waals surface area contributed by atoms with Crippen molar-refractivity contribution < 1.29 is 18.9 Å². The molecule has 0 radical (unpaired) electrons. The average molecular weight is 312 g/mol. The van der Waals surface area contributed by atoms with E-state index in [1.165, 1.54) is 16.7 Å². The van der Waals surface area contributed by atoms with Crippen LogP contribution in [0.5, 0.6) is 0 Å². The lowest BCUT2D eigenvalue weighted by molar-refractivity contribution is -0.00389. The fourth-order valence-corrected chi connectivity index (χ4v) is 4.85. The van der Waals surface area contributed by atoms with E-state index in [9.17, 15) is 14.4 Å². The Labute approximate surface area is 126 Å². The monoisotopic (exact) mass is 312 g/mol. The van der Waals surface area contributed by atoms with Gasteiger partial charge in [-0.05, 0) is 63.1 Å². The Balaban J connectivity index is 2.59. The second kappa shape index (κ2) is 5.51. The van der Waals surface area contributed by atoms with Gasteiger partial charge in [-0.25, -0.2) is 4.57 Å². The minimum Gasteiger partial charge on any atom is -0.303 e. The minimum absolute atomic E-state index is 0.343. The molecule has 0 saturated heterocycles. The number of rotatable bonds is 4. The number of phosphoric acid groups is 1. The Kier molecular flexibility index (Phi) is 4.38. The summed E-state index contributed by atoms with van der Waals surface area (Å²) in [5, 5.41) is 0. The summed E-state index contributed by atoms with van der Waals surface area (Å²) in [5.74, 6) is 0. The predicted molar refractivity (Wildman–Crippen MR) is 83.3 cm³/mol. The van der Waals surface area contributed by atoms with Crippen molar-refractivity contribution in [3.8, 4) is 0 Å². The first-order valence-corrected chi connectivity index (χ1v) is 9.01. The van der Waals surface area contributed by atoms with Crippen LogP contribution in [0.3, 0.4) is 0 Å². The molecular formula is C16H25O4P. The second-order valence-corrected chi connectivity index (χ2v) is 7.51. The molecule has 0 aromatic heterocycles. The van der Waals surface area contributed by atoms with Crippen molar-refractivity contribution in [1.29, 1.82) is 0 Å². The maximum atomic E-state index is 11.5. The van der Waals surface area contributed by atoms with Crippen molar-refractivity contribution in [3.05, 3.63) is 34.9 Å². The lowest BCUT2D eigenvalue weighted by Crippen LogP contribution is -2.46. The molecule has 1 aliphatic rings. The van der Waals surface area contributed by atoms with E-state index in [1.807, 2.05) is 13.0 Å². The summed E-state index contributed by atoms with van der Waals surface area (Å²) < 4.78 is 16.8. The van der Waals surface area contributed by atoms with Gasteiger partial charge in [0.25, 0.3) is 0 Å². The molecule has 2 N–H and O–H groups in total. The van der Waals surface area contributed by atoms with Gasteiger partial charge in [0.1, 0.15) is 0 Å². The van der Waals surface area contributed by atoms with Crippen LogP contribution in [0, 0.1) is 13.8 Å². The van der Waals surface area contributed by atoms with Gasteiger partial charge in [-0.2, -0.15) is 0 Å². The van der Waals surface area contributed by atoms with Crippen LogP contribution in [0.4, 0.5) is 0 Å². The second-order valence-electron chi connectivity index (χ2n) is 6.35. The van der Waals surface area contributed by atoms with Crippen LogP contribution in [0.2, 0.25) is 0 Å².